The minimum atomic E-state index is 0.0571. The fourth-order valence-electron chi connectivity index (χ4n) is 3.40. The van der Waals surface area contributed by atoms with Crippen molar-refractivity contribution >= 4 is 5.91 Å². The van der Waals surface area contributed by atoms with Crippen LogP contribution in [0.25, 0.3) is 0 Å². The van der Waals surface area contributed by atoms with Crippen molar-refractivity contribution in [2.75, 3.05) is 26.3 Å². The third-order valence-electron chi connectivity index (χ3n) is 4.79. The number of nitrogens with zero attached hydrogens (tertiary/aromatic N) is 1. The Balaban J connectivity index is 1.56. The van der Waals surface area contributed by atoms with E-state index < -0.39 is 0 Å². The van der Waals surface area contributed by atoms with Crippen molar-refractivity contribution in [1.82, 2.24) is 4.90 Å². The molecule has 2 aromatic rings. The first-order chi connectivity index (χ1) is 12.8. The lowest BCUT2D eigenvalue weighted by molar-refractivity contribution is -0.133. The quantitative estimate of drug-likeness (QED) is 0.779. The Morgan fingerprint density at radius 3 is 2.38 bits per heavy atom. The molecule has 138 valence electrons. The topological polar surface area (TPSA) is 38.8 Å². The summed E-state index contributed by atoms with van der Waals surface area (Å²) in [6.07, 6.45) is 3.34. The molecule has 4 heteroatoms. The lowest BCUT2D eigenvalue weighted by Crippen LogP contribution is -2.37. The average Bonchev–Trinajstić information content (AvgIpc) is 2.94. The van der Waals surface area contributed by atoms with Crippen molar-refractivity contribution < 1.29 is 14.3 Å². The normalized spacial score (nSPS) is 17.4. The molecule has 1 saturated heterocycles. The van der Waals surface area contributed by atoms with Crippen LogP contribution in [-0.4, -0.2) is 37.1 Å². The third-order valence-corrected chi connectivity index (χ3v) is 4.79. The van der Waals surface area contributed by atoms with Crippen LogP contribution >= 0.6 is 0 Å². The molecule has 0 saturated carbocycles. The number of likely N-dealkylation sites (tertiary alicyclic amines) is 1. The maximum atomic E-state index is 12.6. The van der Waals surface area contributed by atoms with Gasteiger partial charge in [-0.05, 0) is 49.6 Å². The summed E-state index contributed by atoms with van der Waals surface area (Å²) >= 11 is 0. The highest BCUT2D eigenvalue weighted by Gasteiger charge is 2.23. The molecule has 1 atom stereocenters. The molecule has 0 aromatic heterocycles. The molecule has 1 unspecified atom stereocenters. The SMILES string of the molecule is CCOc1ccc(OCC(=O)N2CCCCC(c3ccccc3)C2)cc1. The molecule has 1 fully saturated rings. The van der Waals surface area contributed by atoms with Crippen LogP contribution in [0.1, 0.15) is 37.7 Å². The van der Waals surface area contributed by atoms with Crippen molar-refractivity contribution in [2.24, 2.45) is 0 Å². The van der Waals surface area contributed by atoms with Gasteiger partial charge >= 0.3 is 0 Å². The lowest BCUT2D eigenvalue weighted by Gasteiger charge is -2.25. The van der Waals surface area contributed by atoms with E-state index >= 15 is 0 Å². The number of carbonyl (C=O) groups is 1. The van der Waals surface area contributed by atoms with E-state index in [1.807, 2.05) is 42.2 Å². The molecule has 26 heavy (non-hydrogen) atoms. The van der Waals surface area contributed by atoms with Crippen LogP contribution in [0.3, 0.4) is 0 Å². The minimum Gasteiger partial charge on any atom is -0.494 e. The van der Waals surface area contributed by atoms with Gasteiger partial charge in [-0.25, -0.2) is 0 Å². The number of hydrogen-bond acceptors (Lipinski definition) is 3. The highest BCUT2D eigenvalue weighted by molar-refractivity contribution is 5.78. The van der Waals surface area contributed by atoms with Gasteiger partial charge in [0.05, 0.1) is 6.61 Å². The van der Waals surface area contributed by atoms with Gasteiger partial charge in [0, 0.05) is 19.0 Å². The van der Waals surface area contributed by atoms with Crippen LogP contribution in [0, 0.1) is 0 Å². The maximum absolute atomic E-state index is 12.6. The first kappa shape index (κ1) is 18.3. The lowest BCUT2D eigenvalue weighted by atomic mass is 9.94. The number of ether oxygens (including phenoxy) is 2. The van der Waals surface area contributed by atoms with E-state index in [0.29, 0.717) is 18.3 Å². The molecule has 3 rings (SSSR count). The smallest absolute Gasteiger partial charge is 0.260 e. The Labute approximate surface area is 155 Å². The van der Waals surface area contributed by atoms with Crippen LogP contribution in [0.15, 0.2) is 54.6 Å². The minimum absolute atomic E-state index is 0.0571. The predicted molar refractivity (Wildman–Crippen MR) is 103 cm³/mol. The van der Waals surface area contributed by atoms with E-state index in [2.05, 4.69) is 24.3 Å². The highest BCUT2D eigenvalue weighted by Crippen LogP contribution is 2.26. The summed E-state index contributed by atoms with van der Waals surface area (Å²) in [6, 6.07) is 17.9. The van der Waals surface area contributed by atoms with Gasteiger partial charge in [-0.3, -0.25) is 4.79 Å². The fraction of sp³-hybridized carbons (Fsp3) is 0.409. The monoisotopic (exact) mass is 353 g/mol. The molecule has 2 aromatic carbocycles. The highest BCUT2D eigenvalue weighted by atomic mass is 16.5. The molecule has 0 bridgehead atoms. The third kappa shape index (κ3) is 5.01. The molecular formula is C22H27NO3. The van der Waals surface area contributed by atoms with Crippen molar-refractivity contribution in [3.05, 3.63) is 60.2 Å². The molecule has 0 N–H and O–H groups in total. The van der Waals surface area contributed by atoms with Crippen LogP contribution in [-0.2, 0) is 4.79 Å². The number of amides is 1. The van der Waals surface area contributed by atoms with Crippen molar-refractivity contribution in [2.45, 2.75) is 32.1 Å². The molecule has 0 spiro atoms. The molecule has 4 nitrogen and oxygen atoms in total. The average molecular weight is 353 g/mol. The fourth-order valence-corrected chi connectivity index (χ4v) is 3.40. The van der Waals surface area contributed by atoms with Gasteiger partial charge in [-0.1, -0.05) is 36.8 Å². The van der Waals surface area contributed by atoms with Gasteiger partial charge in [0.25, 0.3) is 5.91 Å². The van der Waals surface area contributed by atoms with Crippen molar-refractivity contribution in [1.29, 1.82) is 0 Å². The Morgan fingerprint density at radius 2 is 1.69 bits per heavy atom. The summed E-state index contributed by atoms with van der Waals surface area (Å²) in [4.78, 5) is 14.6. The van der Waals surface area contributed by atoms with Gasteiger partial charge in [0.2, 0.25) is 0 Å². The molecule has 0 aliphatic carbocycles. The van der Waals surface area contributed by atoms with Crippen LogP contribution in [0.2, 0.25) is 0 Å². The molecule has 1 amide bonds. The van der Waals surface area contributed by atoms with Gasteiger partial charge in [0.1, 0.15) is 11.5 Å². The molecule has 1 aliphatic heterocycles. The first-order valence-electron chi connectivity index (χ1n) is 9.44. The zero-order valence-electron chi connectivity index (χ0n) is 15.4. The van der Waals surface area contributed by atoms with Crippen molar-refractivity contribution in [3.8, 4) is 11.5 Å². The maximum Gasteiger partial charge on any atom is 0.260 e. The Morgan fingerprint density at radius 1 is 1.00 bits per heavy atom. The Hall–Kier alpha value is -2.49. The van der Waals surface area contributed by atoms with Crippen molar-refractivity contribution in [3.63, 3.8) is 0 Å². The van der Waals surface area contributed by atoms with Gasteiger partial charge in [-0.15, -0.1) is 0 Å². The van der Waals surface area contributed by atoms with Gasteiger partial charge in [0.15, 0.2) is 6.61 Å². The summed E-state index contributed by atoms with van der Waals surface area (Å²) in [7, 11) is 0. The summed E-state index contributed by atoms with van der Waals surface area (Å²) in [5.74, 6) is 1.97. The van der Waals surface area contributed by atoms with E-state index in [0.717, 1.165) is 38.1 Å². The predicted octanol–water partition coefficient (Wildman–Crippen LogP) is 4.26. The standard InChI is InChI=1S/C22H27NO3/c1-2-25-20-11-13-21(14-12-20)26-17-22(24)23-15-7-6-10-19(16-23)18-8-4-3-5-9-18/h3-5,8-9,11-14,19H,2,6-7,10,15-17H2,1H3. The summed E-state index contributed by atoms with van der Waals surface area (Å²) in [5.41, 5.74) is 1.32. The van der Waals surface area contributed by atoms with E-state index in [1.54, 1.807) is 0 Å². The number of benzene rings is 2. The first-order valence-corrected chi connectivity index (χ1v) is 9.44. The van der Waals surface area contributed by atoms with Gasteiger partial charge in [-0.2, -0.15) is 0 Å². The van der Waals surface area contributed by atoms with E-state index in [4.69, 9.17) is 9.47 Å². The summed E-state index contributed by atoms with van der Waals surface area (Å²) in [5, 5.41) is 0. The zero-order chi connectivity index (χ0) is 18.2. The second-order valence-corrected chi connectivity index (χ2v) is 6.64. The number of carbonyl (C=O) groups excluding carboxylic acids is 1. The van der Waals surface area contributed by atoms with Crippen LogP contribution in [0.5, 0.6) is 11.5 Å². The number of hydrogen-bond donors (Lipinski definition) is 0. The van der Waals surface area contributed by atoms with E-state index in [-0.39, 0.29) is 12.5 Å². The van der Waals surface area contributed by atoms with E-state index in [9.17, 15) is 4.79 Å². The Kier molecular flexibility index (Phi) is 6.53. The molecule has 1 aliphatic rings. The van der Waals surface area contributed by atoms with E-state index in [1.165, 1.54) is 5.56 Å². The van der Waals surface area contributed by atoms with Crippen LogP contribution < -0.4 is 9.47 Å². The number of rotatable bonds is 6. The van der Waals surface area contributed by atoms with Gasteiger partial charge < -0.3 is 14.4 Å². The Bertz CT molecular complexity index is 684. The largest absolute Gasteiger partial charge is 0.494 e. The molecule has 0 radical (unpaired) electrons. The molecular weight excluding hydrogens is 326 g/mol. The molecule has 1 heterocycles. The second-order valence-electron chi connectivity index (χ2n) is 6.64. The summed E-state index contributed by atoms with van der Waals surface area (Å²) in [6.45, 7) is 4.25. The van der Waals surface area contributed by atoms with Crippen LogP contribution in [0.4, 0.5) is 0 Å². The zero-order valence-corrected chi connectivity index (χ0v) is 15.4. The second kappa shape index (κ2) is 9.27. The summed E-state index contributed by atoms with van der Waals surface area (Å²) < 4.78 is 11.1.